The molecule has 0 aromatic rings. The molecule has 0 bridgehead atoms. The predicted octanol–water partition coefficient (Wildman–Crippen LogP) is 2.94. The number of rotatable bonds is 5. The summed E-state index contributed by atoms with van der Waals surface area (Å²) in [5.41, 5.74) is 6.12. The van der Waals surface area contributed by atoms with Crippen LogP contribution in [0.5, 0.6) is 0 Å². The van der Waals surface area contributed by atoms with E-state index in [0.29, 0.717) is 17.8 Å². The first kappa shape index (κ1) is 16.5. The van der Waals surface area contributed by atoms with Crippen LogP contribution in [-0.4, -0.2) is 18.0 Å². The first-order valence-corrected chi connectivity index (χ1v) is 7.91. The third kappa shape index (κ3) is 4.79. The number of carbonyl (C=O) groups is 1. The maximum atomic E-state index is 12.4. The summed E-state index contributed by atoms with van der Waals surface area (Å²) in [6, 6.07) is 0.446. The van der Waals surface area contributed by atoms with Gasteiger partial charge in [-0.25, -0.2) is 0 Å². The highest BCUT2D eigenvalue weighted by Crippen LogP contribution is 2.33. The van der Waals surface area contributed by atoms with Crippen LogP contribution in [0.4, 0.5) is 0 Å². The summed E-state index contributed by atoms with van der Waals surface area (Å²) < 4.78 is 0. The molecule has 1 amide bonds. The van der Waals surface area contributed by atoms with Gasteiger partial charge in [-0.3, -0.25) is 4.79 Å². The van der Waals surface area contributed by atoms with Gasteiger partial charge in [0.05, 0.1) is 0 Å². The Labute approximate surface area is 118 Å². The lowest BCUT2D eigenvalue weighted by molar-refractivity contribution is -0.128. The molecule has 0 radical (unpaired) electrons. The van der Waals surface area contributed by atoms with Gasteiger partial charge in [-0.05, 0) is 43.9 Å². The van der Waals surface area contributed by atoms with Gasteiger partial charge >= 0.3 is 0 Å². The Morgan fingerprint density at radius 3 is 2.47 bits per heavy atom. The number of carbonyl (C=O) groups excluding carboxylic acids is 1. The zero-order valence-corrected chi connectivity index (χ0v) is 13.3. The van der Waals surface area contributed by atoms with Gasteiger partial charge in [-0.15, -0.1) is 0 Å². The molecule has 112 valence electrons. The molecule has 19 heavy (non-hydrogen) atoms. The first-order valence-electron chi connectivity index (χ1n) is 7.91. The molecular formula is C16H32N2O. The molecule has 0 aromatic carbocycles. The quantitative estimate of drug-likeness (QED) is 0.805. The molecule has 1 saturated carbocycles. The van der Waals surface area contributed by atoms with E-state index in [1.807, 2.05) is 0 Å². The van der Waals surface area contributed by atoms with Crippen molar-refractivity contribution in [2.45, 2.75) is 72.4 Å². The molecular weight excluding hydrogens is 236 g/mol. The van der Waals surface area contributed by atoms with Gasteiger partial charge in [0.15, 0.2) is 0 Å². The topological polar surface area (TPSA) is 55.1 Å². The van der Waals surface area contributed by atoms with Gasteiger partial charge in [0, 0.05) is 18.0 Å². The number of hydrogen-bond donors (Lipinski definition) is 2. The number of nitrogens with two attached hydrogens (primary N) is 1. The summed E-state index contributed by atoms with van der Waals surface area (Å²) in [4.78, 5) is 12.4. The fourth-order valence-electron chi connectivity index (χ4n) is 3.23. The predicted molar refractivity (Wildman–Crippen MR) is 80.7 cm³/mol. The van der Waals surface area contributed by atoms with E-state index in [1.165, 1.54) is 6.42 Å². The minimum Gasteiger partial charge on any atom is -0.353 e. The summed E-state index contributed by atoms with van der Waals surface area (Å²) in [6.45, 7) is 10.9. The minimum absolute atomic E-state index is 0.102. The maximum Gasteiger partial charge on any atom is 0.223 e. The first-order chi connectivity index (χ1) is 8.85. The highest BCUT2D eigenvalue weighted by molar-refractivity contribution is 5.79. The van der Waals surface area contributed by atoms with Crippen LogP contribution in [-0.2, 0) is 4.79 Å². The van der Waals surface area contributed by atoms with Crippen molar-refractivity contribution in [1.82, 2.24) is 5.32 Å². The van der Waals surface area contributed by atoms with Gasteiger partial charge in [-0.2, -0.15) is 0 Å². The number of amides is 1. The van der Waals surface area contributed by atoms with Gasteiger partial charge in [0.25, 0.3) is 0 Å². The molecule has 3 N–H and O–H groups in total. The fraction of sp³-hybridized carbons (Fsp3) is 0.938. The van der Waals surface area contributed by atoms with Crippen molar-refractivity contribution >= 4 is 5.91 Å². The SMILES string of the molecule is CCC(C)CC(C)NC(=O)C1CC(N)C(C)CC1C. The van der Waals surface area contributed by atoms with Crippen LogP contribution in [0.15, 0.2) is 0 Å². The van der Waals surface area contributed by atoms with E-state index < -0.39 is 0 Å². The van der Waals surface area contributed by atoms with Crippen LogP contribution < -0.4 is 11.1 Å². The highest BCUT2D eigenvalue weighted by atomic mass is 16.1. The van der Waals surface area contributed by atoms with Gasteiger partial charge in [-0.1, -0.05) is 34.1 Å². The Hall–Kier alpha value is -0.570. The third-order valence-corrected chi connectivity index (χ3v) is 4.87. The van der Waals surface area contributed by atoms with Crippen molar-refractivity contribution in [3.05, 3.63) is 0 Å². The molecule has 0 saturated heterocycles. The Morgan fingerprint density at radius 2 is 1.89 bits per heavy atom. The van der Waals surface area contributed by atoms with Crippen LogP contribution in [0.2, 0.25) is 0 Å². The van der Waals surface area contributed by atoms with E-state index in [1.54, 1.807) is 0 Å². The van der Waals surface area contributed by atoms with Crippen LogP contribution >= 0.6 is 0 Å². The number of nitrogens with one attached hydrogen (secondary N) is 1. The van der Waals surface area contributed by atoms with Gasteiger partial charge < -0.3 is 11.1 Å². The van der Waals surface area contributed by atoms with E-state index in [0.717, 1.165) is 19.3 Å². The molecule has 3 heteroatoms. The zero-order chi connectivity index (χ0) is 14.6. The monoisotopic (exact) mass is 268 g/mol. The van der Waals surface area contributed by atoms with Crippen LogP contribution in [0.25, 0.3) is 0 Å². The van der Waals surface area contributed by atoms with Crippen LogP contribution in [0.1, 0.15) is 60.3 Å². The van der Waals surface area contributed by atoms with E-state index in [9.17, 15) is 4.79 Å². The highest BCUT2D eigenvalue weighted by Gasteiger charge is 2.35. The Balaban J connectivity index is 2.48. The lowest BCUT2D eigenvalue weighted by Gasteiger charge is -2.36. The van der Waals surface area contributed by atoms with Crippen molar-refractivity contribution in [1.29, 1.82) is 0 Å². The van der Waals surface area contributed by atoms with E-state index in [2.05, 4.69) is 39.9 Å². The molecule has 6 atom stereocenters. The fourth-order valence-corrected chi connectivity index (χ4v) is 3.23. The van der Waals surface area contributed by atoms with Crippen molar-refractivity contribution in [3.8, 4) is 0 Å². The molecule has 0 spiro atoms. The van der Waals surface area contributed by atoms with Crippen molar-refractivity contribution in [2.24, 2.45) is 29.4 Å². The second-order valence-electron chi connectivity index (χ2n) is 6.86. The largest absolute Gasteiger partial charge is 0.353 e. The van der Waals surface area contributed by atoms with Gasteiger partial charge in [0.1, 0.15) is 0 Å². The molecule has 0 aromatic heterocycles. The molecule has 0 aliphatic heterocycles. The molecule has 1 fully saturated rings. The van der Waals surface area contributed by atoms with E-state index in [4.69, 9.17) is 5.73 Å². The molecule has 0 heterocycles. The van der Waals surface area contributed by atoms with E-state index >= 15 is 0 Å². The van der Waals surface area contributed by atoms with Crippen LogP contribution in [0.3, 0.4) is 0 Å². The average Bonchev–Trinajstić information content (AvgIpc) is 2.33. The Morgan fingerprint density at radius 1 is 1.26 bits per heavy atom. The van der Waals surface area contributed by atoms with Crippen molar-refractivity contribution < 1.29 is 4.79 Å². The summed E-state index contributed by atoms with van der Waals surface area (Å²) in [6.07, 6.45) is 4.14. The Bertz CT molecular complexity index is 292. The Kier molecular flexibility index (Phi) is 6.31. The second kappa shape index (κ2) is 7.28. The van der Waals surface area contributed by atoms with E-state index in [-0.39, 0.29) is 23.9 Å². The second-order valence-corrected chi connectivity index (χ2v) is 6.86. The summed E-state index contributed by atoms with van der Waals surface area (Å²) in [5.74, 6) is 1.97. The minimum atomic E-state index is 0.102. The molecule has 1 aliphatic carbocycles. The smallest absolute Gasteiger partial charge is 0.223 e. The average molecular weight is 268 g/mol. The zero-order valence-electron chi connectivity index (χ0n) is 13.3. The third-order valence-electron chi connectivity index (χ3n) is 4.87. The normalized spacial score (nSPS) is 34.6. The standard InChI is InChI=1S/C16H32N2O/c1-6-10(2)7-13(5)18-16(19)14-9-15(17)12(4)8-11(14)3/h10-15H,6-9,17H2,1-5H3,(H,18,19). The lowest BCUT2D eigenvalue weighted by atomic mass is 9.72. The lowest BCUT2D eigenvalue weighted by Crippen LogP contribution is -2.47. The molecule has 1 rings (SSSR count). The molecule has 1 aliphatic rings. The van der Waals surface area contributed by atoms with Crippen LogP contribution in [0, 0.1) is 23.7 Å². The maximum absolute atomic E-state index is 12.4. The summed E-state index contributed by atoms with van der Waals surface area (Å²) in [5, 5.41) is 3.19. The molecule has 6 unspecified atom stereocenters. The molecule has 3 nitrogen and oxygen atoms in total. The number of hydrogen-bond acceptors (Lipinski definition) is 2. The van der Waals surface area contributed by atoms with Gasteiger partial charge in [0.2, 0.25) is 5.91 Å². The summed E-state index contributed by atoms with van der Waals surface area (Å²) in [7, 11) is 0. The van der Waals surface area contributed by atoms with Crippen molar-refractivity contribution in [2.75, 3.05) is 0 Å². The van der Waals surface area contributed by atoms with Crippen molar-refractivity contribution in [3.63, 3.8) is 0 Å². The summed E-state index contributed by atoms with van der Waals surface area (Å²) >= 11 is 0.